The van der Waals surface area contributed by atoms with Crippen LogP contribution in [0.25, 0.3) is 0 Å². The van der Waals surface area contributed by atoms with Gasteiger partial charge in [-0.05, 0) is 0 Å². The van der Waals surface area contributed by atoms with Crippen molar-refractivity contribution in [2.24, 2.45) is 0 Å². The summed E-state index contributed by atoms with van der Waals surface area (Å²) in [7, 11) is 0. The zero-order valence-electron chi connectivity index (χ0n) is 4.65. The molecule has 3 heteroatoms. The number of hydrogen-bond donors (Lipinski definition) is 0. The van der Waals surface area contributed by atoms with Crippen molar-refractivity contribution in [2.75, 3.05) is 0 Å². The number of hydrogen-bond acceptors (Lipinski definition) is 2. The van der Waals surface area contributed by atoms with Crippen molar-refractivity contribution in [3.63, 3.8) is 0 Å². The normalized spacial score (nSPS) is 17.8. The summed E-state index contributed by atoms with van der Waals surface area (Å²) in [6, 6.07) is 10.0. The Balaban J connectivity index is 2.29. The van der Waals surface area contributed by atoms with Crippen LogP contribution in [0.2, 0.25) is 0 Å². The maximum atomic E-state index is 4.74. The third kappa shape index (κ3) is 1.16. The van der Waals surface area contributed by atoms with E-state index in [4.69, 9.17) is 7.75 Å². The molecule has 0 unspecified atom stereocenters. The van der Waals surface area contributed by atoms with E-state index in [2.05, 4.69) is 0 Å². The summed E-state index contributed by atoms with van der Waals surface area (Å²) in [4.78, 5) is 0. The molecular weight excluding hydrogens is 179 g/mol. The van der Waals surface area contributed by atoms with Gasteiger partial charge in [-0.25, -0.2) is 0 Å². The van der Waals surface area contributed by atoms with Crippen LogP contribution in [0.3, 0.4) is 0 Å². The van der Waals surface area contributed by atoms with Gasteiger partial charge in [0.1, 0.15) is 0 Å². The first-order valence-electron chi connectivity index (χ1n) is 2.67. The second-order valence-electron chi connectivity index (χ2n) is 1.74. The predicted octanol–water partition coefficient (Wildman–Crippen LogP) is 0.344. The first-order valence-corrected chi connectivity index (χ1v) is 5.14. The molecule has 0 atom stereocenters. The second-order valence-corrected chi connectivity index (χ2v) is 4.53. The molecule has 1 aliphatic rings. The molecule has 0 bridgehead atoms. The predicted molar refractivity (Wildman–Crippen MR) is 34.0 cm³/mol. The van der Waals surface area contributed by atoms with Gasteiger partial charge < -0.3 is 0 Å². The van der Waals surface area contributed by atoms with Crippen LogP contribution in [0.1, 0.15) is 0 Å². The summed E-state index contributed by atoms with van der Waals surface area (Å²) in [6.45, 7) is 0. The molecule has 1 aromatic carbocycles. The quantitative estimate of drug-likeness (QED) is 0.357. The van der Waals surface area contributed by atoms with Gasteiger partial charge in [-0.15, -0.1) is 0 Å². The Bertz CT molecular complexity index is 195. The Morgan fingerprint density at radius 1 is 1.00 bits per heavy atom. The van der Waals surface area contributed by atoms with Crippen LogP contribution >= 0.6 is 0 Å². The molecule has 0 radical (unpaired) electrons. The second kappa shape index (κ2) is 2.14. The minimum absolute atomic E-state index is 1.23. The van der Waals surface area contributed by atoms with Crippen molar-refractivity contribution in [1.29, 1.82) is 0 Å². The molecule has 1 fully saturated rings. The van der Waals surface area contributed by atoms with Crippen molar-refractivity contribution in [3.8, 4) is 0 Å². The molecule has 2 rings (SSSR count). The van der Waals surface area contributed by atoms with Crippen LogP contribution < -0.4 is 4.35 Å². The molecule has 0 amide bonds. The molecule has 1 aromatic rings. The minimum atomic E-state index is -1.34. The van der Waals surface area contributed by atoms with Gasteiger partial charge in [-0.3, -0.25) is 0 Å². The van der Waals surface area contributed by atoms with Crippen molar-refractivity contribution < 1.29 is 7.75 Å². The molecule has 0 N–H and O–H groups in total. The van der Waals surface area contributed by atoms with Crippen LogP contribution in [-0.4, -0.2) is 15.3 Å². The molecule has 1 saturated heterocycles. The molecule has 0 aromatic heterocycles. The fraction of sp³-hybridized carbons (Fsp3) is 0. The fourth-order valence-electron chi connectivity index (χ4n) is 0.652. The topological polar surface area (TPSA) is 25.1 Å². The van der Waals surface area contributed by atoms with Crippen molar-refractivity contribution >= 4 is 19.7 Å². The van der Waals surface area contributed by atoms with Crippen LogP contribution in [0, 0.1) is 0 Å². The maximum absolute atomic E-state index is 4.74. The zero-order chi connectivity index (χ0) is 6.10. The van der Waals surface area contributed by atoms with E-state index in [9.17, 15) is 0 Å². The van der Waals surface area contributed by atoms with Gasteiger partial charge in [0.15, 0.2) is 0 Å². The third-order valence-electron chi connectivity index (χ3n) is 1.12. The Morgan fingerprint density at radius 2 is 1.67 bits per heavy atom. The molecule has 9 heavy (non-hydrogen) atoms. The van der Waals surface area contributed by atoms with Crippen molar-refractivity contribution in [1.82, 2.24) is 0 Å². The van der Waals surface area contributed by atoms with Gasteiger partial charge in [0.2, 0.25) is 0 Å². The molecular formula is C6H5AsO2. The number of rotatable bonds is 1. The van der Waals surface area contributed by atoms with Crippen LogP contribution in [0.15, 0.2) is 30.3 Å². The Morgan fingerprint density at radius 3 is 2.22 bits per heavy atom. The monoisotopic (exact) mass is 184 g/mol. The summed E-state index contributed by atoms with van der Waals surface area (Å²) < 4.78 is 10.7. The molecule has 0 saturated carbocycles. The fourth-order valence-corrected chi connectivity index (χ4v) is 2.32. The first kappa shape index (κ1) is 5.48. The first-order chi connectivity index (χ1) is 4.47. The SMILES string of the molecule is c1ccc([As]2OO2)cc1. The summed E-state index contributed by atoms with van der Waals surface area (Å²) in [6.07, 6.45) is 0. The van der Waals surface area contributed by atoms with E-state index in [-0.39, 0.29) is 0 Å². The average molecular weight is 184 g/mol. The van der Waals surface area contributed by atoms with Gasteiger partial charge in [-0.2, -0.15) is 0 Å². The van der Waals surface area contributed by atoms with E-state index >= 15 is 0 Å². The summed E-state index contributed by atoms with van der Waals surface area (Å²) >= 11 is -1.34. The van der Waals surface area contributed by atoms with Gasteiger partial charge in [0.25, 0.3) is 0 Å². The molecule has 0 spiro atoms. The van der Waals surface area contributed by atoms with Crippen LogP contribution in [0.4, 0.5) is 0 Å². The van der Waals surface area contributed by atoms with E-state index in [1.807, 2.05) is 30.3 Å². The van der Waals surface area contributed by atoms with E-state index in [1.165, 1.54) is 4.35 Å². The zero-order valence-corrected chi connectivity index (χ0v) is 6.53. The molecule has 1 aliphatic heterocycles. The van der Waals surface area contributed by atoms with Crippen molar-refractivity contribution in [3.05, 3.63) is 30.3 Å². The van der Waals surface area contributed by atoms with Crippen molar-refractivity contribution in [2.45, 2.75) is 0 Å². The standard InChI is InChI=1S/C6H5AsO2/c1-2-4-6(5-3-1)7-8-9-7/h1-5H. The molecule has 0 aliphatic carbocycles. The van der Waals surface area contributed by atoms with Gasteiger partial charge in [0, 0.05) is 0 Å². The van der Waals surface area contributed by atoms with Gasteiger partial charge in [0.05, 0.1) is 0 Å². The van der Waals surface area contributed by atoms with E-state index < -0.39 is 15.3 Å². The summed E-state index contributed by atoms with van der Waals surface area (Å²) in [5.74, 6) is 0. The van der Waals surface area contributed by atoms with E-state index in [1.54, 1.807) is 0 Å². The van der Waals surface area contributed by atoms with Gasteiger partial charge >= 0.3 is 57.8 Å². The number of benzene rings is 1. The van der Waals surface area contributed by atoms with E-state index in [0.717, 1.165) is 0 Å². The third-order valence-corrected chi connectivity index (χ3v) is 3.25. The Hall–Kier alpha value is -0.302. The Labute approximate surface area is 58.3 Å². The van der Waals surface area contributed by atoms with E-state index in [0.29, 0.717) is 0 Å². The molecule has 2 nitrogen and oxygen atoms in total. The van der Waals surface area contributed by atoms with Gasteiger partial charge in [-0.1, -0.05) is 0 Å². The Kier molecular flexibility index (Phi) is 1.30. The summed E-state index contributed by atoms with van der Waals surface area (Å²) in [5.41, 5.74) is 0. The summed E-state index contributed by atoms with van der Waals surface area (Å²) in [5, 5.41) is 0. The van der Waals surface area contributed by atoms with Crippen LogP contribution in [-0.2, 0) is 7.75 Å². The molecule has 1 heterocycles. The van der Waals surface area contributed by atoms with Crippen LogP contribution in [0.5, 0.6) is 0 Å². The average Bonchev–Trinajstić information content (AvgIpc) is 2.71. The molecule has 46 valence electrons.